The van der Waals surface area contributed by atoms with Crippen LogP contribution in [-0.4, -0.2) is 25.4 Å². The third kappa shape index (κ3) is 1.21. The highest BCUT2D eigenvalue weighted by Crippen LogP contribution is 2.65. The summed E-state index contributed by atoms with van der Waals surface area (Å²) in [5.74, 6) is 1.49. The zero-order valence-corrected chi connectivity index (χ0v) is 10.5. The number of nitrogens with two attached hydrogens (primary N) is 1. The molecule has 16 heavy (non-hydrogen) atoms. The van der Waals surface area contributed by atoms with Gasteiger partial charge in [0, 0.05) is 0 Å². The third-order valence-electron chi connectivity index (χ3n) is 5.40. The summed E-state index contributed by atoms with van der Waals surface area (Å²) < 4.78 is 12.2. The SMILES string of the molecule is CC1(C)[C@@H]2C[C@H]3OB(CCN)O[C@@]3(C)[C@H]1C2. The van der Waals surface area contributed by atoms with Crippen LogP contribution in [0.4, 0.5) is 0 Å². The molecule has 0 amide bonds. The van der Waals surface area contributed by atoms with Gasteiger partial charge in [0.05, 0.1) is 11.7 Å². The smallest absolute Gasteiger partial charge is 0.405 e. The van der Waals surface area contributed by atoms with Crippen molar-refractivity contribution in [2.24, 2.45) is 23.0 Å². The predicted octanol–water partition coefficient (Wildman–Crippen LogP) is 1.67. The van der Waals surface area contributed by atoms with Crippen molar-refractivity contribution in [1.29, 1.82) is 0 Å². The molecule has 3 aliphatic carbocycles. The molecule has 4 fully saturated rings. The van der Waals surface area contributed by atoms with Crippen LogP contribution in [0, 0.1) is 17.3 Å². The van der Waals surface area contributed by atoms with Crippen molar-refractivity contribution in [3.63, 3.8) is 0 Å². The van der Waals surface area contributed by atoms with E-state index in [-0.39, 0.29) is 12.7 Å². The molecule has 0 unspecified atom stereocenters. The molecule has 4 aliphatic rings. The average molecular weight is 223 g/mol. The fourth-order valence-corrected chi connectivity index (χ4v) is 4.21. The Bertz CT molecular complexity index is 309. The second-order valence-electron chi connectivity index (χ2n) is 6.48. The molecule has 4 heteroatoms. The Morgan fingerprint density at radius 1 is 1.31 bits per heavy atom. The maximum atomic E-state index is 6.18. The van der Waals surface area contributed by atoms with Crippen molar-refractivity contribution in [2.75, 3.05) is 6.54 Å². The molecule has 0 radical (unpaired) electrons. The van der Waals surface area contributed by atoms with Gasteiger partial charge in [0.15, 0.2) is 0 Å². The fourth-order valence-electron chi connectivity index (χ4n) is 4.21. The van der Waals surface area contributed by atoms with Crippen molar-refractivity contribution >= 4 is 7.12 Å². The maximum absolute atomic E-state index is 6.18. The molecule has 0 aromatic carbocycles. The lowest BCUT2D eigenvalue weighted by Crippen LogP contribution is -2.65. The summed E-state index contributed by atoms with van der Waals surface area (Å²) in [7, 11) is -0.0600. The number of rotatable bonds is 2. The van der Waals surface area contributed by atoms with Gasteiger partial charge in [-0.05, 0) is 49.9 Å². The summed E-state index contributed by atoms with van der Waals surface area (Å²) in [6, 6.07) is 0. The van der Waals surface area contributed by atoms with Crippen LogP contribution >= 0.6 is 0 Å². The fraction of sp³-hybridized carbons (Fsp3) is 1.00. The lowest BCUT2D eigenvalue weighted by Gasteiger charge is -2.64. The minimum atomic E-state index is -0.0600. The third-order valence-corrected chi connectivity index (χ3v) is 5.40. The van der Waals surface area contributed by atoms with E-state index in [1.54, 1.807) is 0 Å². The van der Waals surface area contributed by atoms with Gasteiger partial charge in [-0.25, -0.2) is 0 Å². The molecule has 2 bridgehead atoms. The number of hydrogen-bond acceptors (Lipinski definition) is 3. The Labute approximate surface area is 98.2 Å². The molecule has 1 heterocycles. The molecule has 2 N–H and O–H groups in total. The van der Waals surface area contributed by atoms with E-state index in [0.29, 0.717) is 24.0 Å². The van der Waals surface area contributed by atoms with Crippen molar-refractivity contribution in [1.82, 2.24) is 0 Å². The molecule has 4 atom stereocenters. The number of hydrogen-bond donors (Lipinski definition) is 1. The van der Waals surface area contributed by atoms with E-state index in [2.05, 4.69) is 20.8 Å². The first-order valence-corrected chi connectivity index (χ1v) is 6.52. The van der Waals surface area contributed by atoms with E-state index < -0.39 is 0 Å². The van der Waals surface area contributed by atoms with Gasteiger partial charge in [-0.15, -0.1) is 0 Å². The Morgan fingerprint density at radius 2 is 2.06 bits per heavy atom. The van der Waals surface area contributed by atoms with Crippen LogP contribution in [0.2, 0.25) is 6.32 Å². The molecular weight excluding hydrogens is 201 g/mol. The van der Waals surface area contributed by atoms with Crippen molar-refractivity contribution in [2.45, 2.75) is 51.6 Å². The maximum Gasteiger partial charge on any atom is 0.458 e. The first-order valence-electron chi connectivity index (χ1n) is 6.52. The van der Waals surface area contributed by atoms with Crippen LogP contribution in [0.5, 0.6) is 0 Å². The highest BCUT2D eigenvalue weighted by Gasteiger charge is 2.67. The highest BCUT2D eigenvalue weighted by atomic mass is 16.7. The summed E-state index contributed by atoms with van der Waals surface area (Å²) in [5.41, 5.74) is 5.96. The lowest BCUT2D eigenvalue weighted by molar-refractivity contribution is -0.199. The first-order chi connectivity index (χ1) is 7.48. The van der Waals surface area contributed by atoms with E-state index in [0.717, 1.165) is 12.2 Å². The summed E-state index contributed by atoms with van der Waals surface area (Å²) in [4.78, 5) is 0. The quantitative estimate of drug-likeness (QED) is 0.724. The van der Waals surface area contributed by atoms with Gasteiger partial charge in [-0.3, -0.25) is 0 Å². The van der Waals surface area contributed by atoms with Gasteiger partial charge in [0.2, 0.25) is 0 Å². The summed E-state index contributed by atoms with van der Waals surface area (Å²) in [6.45, 7) is 7.65. The largest absolute Gasteiger partial charge is 0.458 e. The Morgan fingerprint density at radius 3 is 2.69 bits per heavy atom. The molecule has 3 saturated carbocycles. The van der Waals surface area contributed by atoms with Gasteiger partial charge in [-0.2, -0.15) is 0 Å². The molecular formula is C12H22BNO2. The van der Waals surface area contributed by atoms with E-state index in [1.807, 2.05) is 0 Å². The molecule has 90 valence electrons. The first kappa shape index (κ1) is 11.1. The van der Waals surface area contributed by atoms with Crippen molar-refractivity contribution in [3.8, 4) is 0 Å². The molecule has 0 aromatic rings. The highest BCUT2D eigenvalue weighted by molar-refractivity contribution is 6.45. The molecule has 4 rings (SSSR count). The molecule has 3 nitrogen and oxygen atoms in total. The molecule has 0 aromatic heterocycles. The van der Waals surface area contributed by atoms with Gasteiger partial charge in [0.25, 0.3) is 0 Å². The predicted molar refractivity (Wildman–Crippen MR) is 64.0 cm³/mol. The summed E-state index contributed by atoms with van der Waals surface area (Å²) >= 11 is 0. The molecule has 0 spiro atoms. The Balaban J connectivity index is 1.81. The van der Waals surface area contributed by atoms with Crippen molar-refractivity contribution in [3.05, 3.63) is 0 Å². The normalized spacial score (nSPS) is 48.8. The minimum absolute atomic E-state index is 0.0575. The van der Waals surface area contributed by atoms with Gasteiger partial charge in [-0.1, -0.05) is 13.8 Å². The van der Waals surface area contributed by atoms with E-state index in [1.165, 1.54) is 12.8 Å². The van der Waals surface area contributed by atoms with Crippen LogP contribution < -0.4 is 5.73 Å². The second-order valence-corrected chi connectivity index (χ2v) is 6.48. The Kier molecular flexibility index (Phi) is 2.24. The molecule has 1 aliphatic heterocycles. The van der Waals surface area contributed by atoms with E-state index in [4.69, 9.17) is 15.0 Å². The average Bonchev–Trinajstić information content (AvgIpc) is 2.53. The van der Waals surface area contributed by atoms with E-state index >= 15 is 0 Å². The van der Waals surface area contributed by atoms with Crippen LogP contribution in [0.3, 0.4) is 0 Å². The van der Waals surface area contributed by atoms with Crippen LogP contribution in [0.1, 0.15) is 33.6 Å². The monoisotopic (exact) mass is 223 g/mol. The van der Waals surface area contributed by atoms with Gasteiger partial charge in [0.1, 0.15) is 0 Å². The van der Waals surface area contributed by atoms with Crippen molar-refractivity contribution < 1.29 is 9.31 Å². The summed E-state index contributed by atoms with van der Waals surface area (Å²) in [5, 5.41) is 0. The Hall–Kier alpha value is -0.0551. The zero-order chi connectivity index (χ0) is 11.6. The van der Waals surface area contributed by atoms with Crippen LogP contribution in [0.25, 0.3) is 0 Å². The standard InChI is InChI=1S/C12H22BNO2/c1-11(2)8-6-9(11)12(3)10(7-8)15-13(16-12)4-5-14/h8-10H,4-7,14H2,1-3H3/t8-,9-,10+,12-/m0/s1. The molecule has 1 saturated heterocycles. The van der Waals surface area contributed by atoms with Gasteiger partial charge >= 0.3 is 7.12 Å². The minimum Gasteiger partial charge on any atom is -0.405 e. The second kappa shape index (κ2) is 3.24. The lowest BCUT2D eigenvalue weighted by atomic mass is 9.43. The van der Waals surface area contributed by atoms with Crippen LogP contribution in [-0.2, 0) is 9.31 Å². The zero-order valence-electron chi connectivity index (χ0n) is 10.5. The van der Waals surface area contributed by atoms with Gasteiger partial charge < -0.3 is 15.0 Å². The van der Waals surface area contributed by atoms with E-state index in [9.17, 15) is 0 Å². The van der Waals surface area contributed by atoms with Crippen LogP contribution in [0.15, 0.2) is 0 Å². The topological polar surface area (TPSA) is 44.5 Å². The summed E-state index contributed by atoms with van der Waals surface area (Å²) in [6.07, 6.45) is 3.62.